The third kappa shape index (κ3) is 6.01. The number of aliphatic hydroxyl groups is 1. The van der Waals surface area contributed by atoms with E-state index in [9.17, 15) is 9.59 Å². The molecule has 6 nitrogen and oxygen atoms in total. The summed E-state index contributed by atoms with van der Waals surface area (Å²) in [6.45, 7) is 0.934. The molecule has 0 atom stereocenters. The number of ether oxygens (including phenoxy) is 1. The lowest BCUT2D eigenvalue weighted by Crippen LogP contribution is -2.30. The standard InChI is InChI=1S/C14H17NO5/c16-10-8-15(12-4-2-1-3-5-12)9-11-20-14(19)7-6-13(17)18/h1-7,16H,8-11H2,(H,17,18)/b7-6-. The van der Waals surface area contributed by atoms with E-state index in [1.807, 2.05) is 35.2 Å². The number of aliphatic carboxylic acids is 1. The molecule has 0 saturated heterocycles. The number of aliphatic hydroxyl groups excluding tert-OH is 1. The zero-order valence-corrected chi connectivity index (χ0v) is 10.9. The number of anilines is 1. The summed E-state index contributed by atoms with van der Waals surface area (Å²) >= 11 is 0. The highest BCUT2D eigenvalue weighted by Gasteiger charge is 2.06. The van der Waals surface area contributed by atoms with Crippen molar-refractivity contribution in [2.75, 3.05) is 31.2 Å². The van der Waals surface area contributed by atoms with Gasteiger partial charge in [0.05, 0.1) is 13.2 Å². The molecule has 0 heterocycles. The van der Waals surface area contributed by atoms with Gasteiger partial charge in [-0.05, 0) is 12.1 Å². The molecule has 108 valence electrons. The number of hydrogen-bond donors (Lipinski definition) is 2. The lowest BCUT2D eigenvalue weighted by molar-refractivity contribution is -0.138. The van der Waals surface area contributed by atoms with E-state index in [-0.39, 0.29) is 13.2 Å². The molecule has 0 aromatic heterocycles. The lowest BCUT2D eigenvalue weighted by Gasteiger charge is -2.23. The predicted molar refractivity (Wildman–Crippen MR) is 73.5 cm³/mol. The van der Waals surface area contributed by atoms with Gasteiger partial charge in [-0.1, -0.05) is 18.2 Å². The van der Waals surface area contributed by atoms with E-state index in [1.54, 1.807) is 0 Å². The summed E-state index contributed by atoms with van der Waals surface area (Å²) in [6, 6.07) is 9.42. The van der Waals surface area contributed by atoms with Crippen molar-refractivity contribution in [2.45, 2.75) is 0 Å². The average molecular weight is 279 g/mol. The summed E-state index contributed by atoms with van der Waals surface area (Å²) < 4.78 is 4.88. The Morgan fingerprint density at radius 1 is 1.15 bits per heavy atom. The molecule has 1 aromatic rings. The molecule has 0 amide bonds. The number of benzene rings is 1. The molecule has 0 saturated carbocycles. The highest BCUT2D eigenvalue weighted by Crippen LogP contribution is 2.12. The summed E-state index contributed by atoms with van der Waals surface area (Å²) in [5.41, 5.74) is 0.915. The largest absolute Gasteiger partial charge is 0.478 e. The van der Waals surface area contributed by atoms with Gasteiger partial charge in [0.1, 0.15) is 6.61 Å². The van der Waals surface area contributed by atoms with Crippen LogP contribution in [0.1, 0.15) is 0 Å². The first kappa shape index (κ1) is 15.7. The van der Waals surface area contributed by atoms with Crippen LogP contribution in [-0.4, -0.2) is 48.5 Å². The van der Waals surface area contributed by atoms with E-state index < -0.39 is 11.9 Å². The molecule has 0 aliphatic heterocycles. The van der Waals surface area contributed by atoms with Crippen LogP contribution in [0, 0.1) is 0 Å². The summed E-state index contributed by atoms with van der Waals surface area (Å²) in [5, 5.41) is 17.4. The summed E-state index contributed by atoms with van der Waals surface area (Å²) in [4.78, 5) is 23.3. The van der Waals surface area contributed by atoms with Gasteiger partial charge in [0.15, 0.2) is 0 Å². The molecule has 6 heteroatoms. The molecular weight excluding hydrogens is 262 g/mol. The normalized spacial score (nSPS) is 10.4. The van der Waals surface area contributed by atoms with Crippen LogP contribution in [0.3, 0.4) is 0 Å². The van der Waals surface area contributed by atoms with E-state index in [0.29, 0.717) is 13.1 Å². The number of rotatable bonds is 8. The monoisotopic (exact) mass is 279 g/mol. The topological polar surface area (TPSA) is 87.1 Å². The average Bonchev–Trinajstić information content (AvgIpc) is 2.45. The van der Waals surface area contributed by atoms with E-state index >= 15 is 0 Å². The predicted octanol–water partition coefficient (Wildman–Crippen LogP) is 0.669. The number of nitrogens with zero attached hydrogens (tertiary/aromatic N) is 1. The van der Waals surface area contributed by atoms with Gasteiger partial charge in [0.2, 0.25) is 0 Å². The minimum atomic E-state index is -1.20. The molecule has 20 heavy (non-hydrogen) atoms. The number of esters is 1. The minimum absolute atomic E-state index is 0.0121. The Bertz CT molecular complexity index is 458. The molecule has 0 radical (unpaired) electrons. The molecule has 0 aliphatic carbocycles. The Kier molecular flexibility index (Phi) is 6.84. The van der Waals surface area contributed by atoms with Crippen molar-refractivity contribution in [1.29, 1.82) is 0 Å². The van der Waals surface area contributed by atoms with Gasteiger partial charge >= 0.3 is 11.9 Å². The number of carbonyl (C=O) groups is 2. The zero-order valence-electron chi connectivity index (χ0n) is 10.9. The fourth-order valence-corrected chi connectivity index (χ4v) is 1.57. The quantitative estimate of drug-likeness (QED) is 0.537. The van der Waals surface area contributed by atoms with Gasteiger partial charge in [-0.25, -0.2) is 9.59 Å². The van der Waals surface area contributed by atoms with Crippen molar-refractivity contribution in [3.63, 3.8) is 0 Å². The first-order chi connectivity index (χ1) is 9.63. The van der Waals surface area contributed by atoms with Crippen molar-refractivity contribution in [3.8, 4) is 0 Å². The Balaban J connectivity index is 2.44. The Hall–Kier alpha value is -2.34. The van der Waals surface area contributed by atoms with Crippen molar-refractivity contribution in [3.05, 3.63) is 42.5 Å². The van der Waals surface area contributed by atoms with Gasteiger partial charge in [0, 0.05) is 24.4 Å². The van der Waals surface area contributed by atoms with Gasteiger partial charge < -0.3 is 19.8 Å². The SMILES string of the molecule is O=C(O)/C=C\C(=O)OCCN(CCO)c1ccccc1. The van der Waals surface area contributed by atoms with Gasteiger partial charge in [-0.3, -0.25) is 0 Å². The van der Waals surface area contributed by atoms with Crippen LogP contribution in [-0.2, 0) is 14.3 Å². The van der Waals surface area contributed by atoms with Crippen LogP contribution in [0.2, 0.25) is 0 Å². The second kappa shape index (κ2) is 8.71. The molecule has 0 fully saturated rings. The third-order valence-corrected chi connectivity index (χ3v) is 2.46. The molecule has 2 N–H and O–H groups in total. The summed E-state index contributed by atoms with van der Waals surface area (Å²) in [6.07, 6.45) is 1.59. The fraction of sp³-hybridized carbons (Fsp3) is 0.286. The van der Waals surface area contributed by atoms with Crippen LogP contribution < -0.4 is 4.90 Å². The molecule has 1 rings (SSSR count). The number of para-hydroxylation sites is 1. The Morgan fingerprint density at radius 3 is 2.45 bits per heavy atom. The summed E-state index contributed by atoms with van der Waals surface area (Å²) in [5.74, 6) is -1.91. The van der Waals surface area contributed by atoms with Crippen LogP contribution in [0.5, 0.6) is 0 Å². The molecule has 1 aromatic carbocycles. The van der Waals surface area contributed by atoms with Crippen LogP contribution >= 0.6 is 0 Å². The molecular formula is C14H17NO5. The van der Waals surface area contributed by atoms with Crippen molar-refractivity contribution < 1.29 is 24.5 Å². The Morgan fingerprint density at radius 2 is 1.85 bits per heavy atom. The number of carboxylic acid groups (broad SMARTS) is 1. The van der Waals surface area contributed by atoms with E-state index in [4.69, 9.17) is 14.9 Å². The maximum absolute atomic E-state index is 11.2. The maximum Gasteiger partial charge on any atom is 0.331 e. The van der Waals surface area contributed by atoms with Crippen molar-refractivity contribution >= 4 is 17.6 Å². The van der Waals surface area contributed by atoms with E-state index in [0.717, 1.165) is 17.8 Å². The van der Waals surface area contributed by atoms with Crippen molar-refractivity contribution in [1.82, 2.24) is 0 Å². The maximum atomic E-state index is 11.2. The molecule has 0 unspecified atom stereocenters. The highest BCUT2D eigenvalue weighted by atomic mass is 16.5. The van der Waals surface area contributed by atoms with E-state index in [2.05, 4.69) is 0 Å². The first-order valence-corrected chi connectivity index (χ1v) is 6.12. The molecule has 0 spiro atoms. The summed E-state index contributed by atoms with van der Waals surface area (Å²) in [7, 11) is 0. The highest BCUT2D eigenvalue weighted by molar-refractivity contribution is 5.90. The van der Waals surface area contributed by atoms with Gasteiger partial charge in [-0.15, -0.1) is 0 Å². The second-order valence-electron chi connectivity index (χ2n) is 3.89. The first-order valence-electron chi connectivity index (χ1n) is 6.12. The van der Waals surface area contributed by atoms with E-state index in [1.165, 1.54) is 0 Å². The molecule has 0 bridgehead atoms. The smallest absolute Gasteiger partial charge is 0.331 e. The van der Waals surface area contributed by atoms with Gasteiger partial charge in [-0.2, -0.15) is 0 Å². The number of hydrogen-bond acceptors (Lipinski definition) is 5. The lowest BCUT2D eigenvalue weighted by atomic mass is 10.3. The van der Waals surface area contributed by atoms with Crippen LogP contribution in [0.25, 0.3) is 0 Å². The zero-order chi connectivity index (χ0) is 14.8. The number of carbonyl (C=O) groups excluding carboxylic acids is 1. The van der Waals surface area contributed by atoms with Crippen LogP contribution in [0.4, 0.5) is 5.69 Å². The van der Waals surface area contributed by atoms with Crippen LogP contribution in [0.15, 0.2) is 42.5 Å². The van der Waals surface area contributed by atoms with Crippen molar-refractivity contribution in [2.24, 2.45) is 0 Å². The molecule has 0 aliphatic rings. The third-order valence-electron chi connectivity index (χ3n) is 2.46. The second-order valence-corrected chi connectivity index (χ2v) is 3.89. The number of carboxylic acids is 1. The Labute approximate surface area is 116 Å². The van der Waals surface area contributed by atoms with Gasteiger partial charge in [0.25, 0.3) is 0 Å². The minimum Gasteiger partial charge on any atom is -0.478 e. The fourth-order valence-electron chi connectivity index (χ4n) is 1.57.